The third-order valence-electron chi connectivity index (χ3n) is 1.31. The van der Waals surface area contributed by atoms with Gasteiger partial charge in [-0.2, -0.15) is 0 Å². The molecule has 0 saturated carbocycles. The molecule has 1 aliphatic heterocycles. The van der Waals surface area contributed by atoms with Gasteiger partial charge in [0.15, 0.2) is 0 Å². The van der Waals surface area contributed by atoms with Gasteiger partial charge in [-0.15, -0.1) is 0 Å². The minimum atomic E-state index is 0. The molecule has 0 aromatic heterocycles. The molecule has 0 atom stereocenters. The quantitative estimate of drug-likeness (QED) is 0.499. The molecular weight excluding hydrogens is 167 g/mol. The van der Waals surface area contributed by atoms with Gasteiger partial charge in [0.2, 0.25) is 0 Å². The van der Waals surface area contributed by atoms with Crippen LogP contribution in [0, 0.1) is 0 Å². The van der Waals surface area contributed by atoms with Crippen LogP contribution in [0.15, 0.2) is 12.5 Å². The molecule has 0 fully saturated rings. The summed E-state index contributed by atoms with van der Waals surface area (Å²) in [5, 5.41) is 0. The summed E-state index contributed by atoms with van der Waals surface area (Å²) in [5.41, 5.74) is 0. The average molecular weight is 181 g/mol. The molecule has 0 unspecified atom stereocenters. The van der Waals surface area contributed by atoms with Crippen LogP contribution in [0.3, 0.4) is 0 Å². The Bertz CT molecular complexity index is 115. The third kappa shape index (κ3) is 8.19. The fourth-order valence-corrected chi connectivity index (χ4v) is 0.751. The van der Waals surface area contributed by atoms with Crippen molar-refractivity contribution in [2.45, 2.75) is 0 Å². The van der Waals surface area contributed by atoms with Crippen molar-refractivity contribution in [1.29, 1.82) is 0 Å². The zero-order chi connectivity index (χ0) is 8.49. The first-order valence-electron chi connectivity index (χ1n) is 4.04. The van der Waals surface area contributed by atoms with Crippen LogP contribution in [-0.2, 0) is 18.9 Å². The van der Waals surface area contributed by atoms with Crippen LogP contribution >= 0.6 is 0 Å². The SMILES string of the molecule is C1=C\OCCOCCOCCO/1.[Li]. The van der Waals surface area contributed by atoms with E-state index in [0.29, 0.717) is 39.6 Å². The Kier molecular flexibility index (Phi) is 9.83. The van der Waals surface area contributed by atoms with E-state index in [0.717, 1.165) is 0 Å². The van der Waals surface area contributed by atoms with E-state index in [9.17, 15) is 0 Å². The van der Waals surface area contributed by atoms with E-state index < -0.39 is 0 Å². The molecule has 0 aromatic rings. The van der Waals surface area contributed by atoms with Crippen molar-refractivity contribution in [3.63, 3.8) is 0 Å². The van der Waals surface area contributed by atoms with Crippen LogP contribution in [0.2, 0.25) is 0 Å². The first-order chi connectivity index (χ1) is 6.00. The number of rotatable bonds is 0. The van der Waals surface area contributed by atoms with Gasteiger partial charge in [-0.25, -0.2) is 0 Å². The molecule has 0 spiro atoms. The van der Waals surface area contributed by atoms with Crippen LogP contribution in [0.5, 0.6) is 0 Å². The molecule has 1 aliphatic rings. The Labute approximate surface area is 90.4 Å². The van der Waals surface area contributed by atoms with Gasteiger partial charge in [0.25, 0.3) is 0 Å². The molecule has 0 aliphatic carbocycles. The minimum Gasteiger partial charge on any atom is -0.496 e. The topological polar surface area (TPSA) is 36.9 Å². The fourth-order valence-electron chi connectivity index (χ4n) is 0.751. The van der Waals surface area contributed by atoms with Gasteiger partial charge in [0, 0.05) is 18.9 Å². The van der Waals surface area contributed by atoms with Crippen molar-refractivity contribution < 1.29 is 18.9 Å². The number of hydrogen-bond donors (Lipinski definition) is 0. The molecule has 71 valence electrons. The van der Waals surface area contributed by atoms with Gasteiger partial charge in [-0.3, -0.25) is 0 Å². The molecule has 5 heteroatoms. The normalized spacial score (nSPS) is 22.2. The zero-order valence-corrected chi connectivity index (χ0v) is 8.03. The van der Waals surface area contributed by atoms with E-state index in [4.69, 9.17) is 18.9 Å². The van der Waals surface area contributed by atoms with E-state index in [-0.39, 0.29) is 18.9 Å². The summed E-state index contributed by atoms with van der Waals surface area (Å²) in [7, 11) is 0. The van der Waals surface area contributed by atoms with Crippen molar-refractivity contribution in [3.05, 3.63) is 12.5 Å². The molecule has 0 amide bonds. The van der Waals surface area contributed by atoms with Gasteiger partial charge in [0.05, 0.1) is 26.4 Å². The van der Waals surface area contributed by atoms with Crippen molar-refractivity contribution in [3.8, 4) is 0 Å². The zero-order valence-electron chi connectivity index (χ0n) is 8.03. The first kappa shape index (κ1) is 12.9. The van der Waals surface area contributed by atoms with Crippen LogP contribution < -0.4 is 0 Å². The fraction of sp³-hybridized carbons (Fsp3) is 0.750. The molecule has 0 N–H and O–H groups in total. The maximum absolute atomic E-state index is 5.18. The van der Waals surface area contributed by atoms with Crippen LogP contribution in [0.25, 0.3) is 0 Å². The second-order valence-corrected chi connectivity index (χ2v) is 2.24. The van der Waals surface area contributed by atoms with E-state index in [2.05, 4.69) is 0 Å². The summed E-state index contributed by atoms with van der Waals surface area (Å²) < 4.78 is 20.4. The summed E-state index contributed by atoms with van der Waals surface area (Å²) >= 11 is 0. The molecule has 1 radical (unpaired) electrons. The molecule has 13 heavy (non-hydrogen) atoms. The Morgan fingerprint density at radius 3 is 1.46 bits per heavy atom. The molecule has 1 heterocycles. The number of ether oxygens (including phenoxy) is 4. The molecule has 0 aromatic carbocycles. The van der Waals surface area contributed by atoms with E-state index >= 15 is 0 Å². The third-order valence-corrected chi connectivity index (χ3v) is 1.31. The smallest absolute Gasteiger partial charge is 0.117 e. The molecular formula is C8H14LiO4. The van der Waals surface area contributed by atoms with Crippen molar-refractivity contribution >= 4 is 18.9 Å². The summed E-state index contributed by atoms with van der Waals surface area (Å²) in [5.74, 6) is 0. The van der Waals surface area contributed by atoms with Crippen molar-refractivity contribution in [1.82, 2.24) is 0 Å². The summed E-state index contributed by atoms with van der Waals surface area (Å²) in [4.78, 5) is 0. The first-order valence-corrected chi connectivity index (χ1v) is 4.04. The van der Waals surface area contributed by atoms with Gasteiger partial charge >= 0.3 is 0 Å². The summed E-state index contributed by atoms with van der Waals surface area (Å²) in [6, 6.07) is 0. The van der Waals surface area contributed by atoms with E-state index in [1.807, 2.05) is 0 Å². The van der Waals surface area contributed by atoms with Crippen LogP contribution in [0.1, 0.15) is 0 Å². The molecule has 0 bridgehead atoms. The maximum atomic E-state index is 5.18. The maximum Gasteiger partial charge on any atom is 0.117 e. The predicted molar refractivity (Wildman–Crippen MR) is 48.4 cm³/mol. The second-order valence-electron chi connectivity index (χ2n) is 2.24. The minimum absolute atomic E-state index is 0. The Hall–Kier alpha value is -0.143. The van der Waals surface area contributed by atoms with Gasteiger partial charge < -0.3 is 18.9 Å². The summed E-state index contributed by atoms with van der Waals surface area (Å²) in [6.45, 7) is 3.53. The van der Waals surface area contributed by atoms with Gasteiger partial charge in [0.1, 0.15) is 25.7 Å². The Morgan fingerprint density at radius 1 is 0.615 bits per heavy atom. The molecule has 0 saturated heterocycles. The van der Waals surface area contributed by atoms with Gasteiger partial charge in [-0.05, 0) is 0 Å². The monoisotopic (exact) mass is 181 g/mol. The Balaban J connectivity index is 0.00000144. The summed E-state index contributed by atoms with van der Waals surface area (Å²) in [6.07, 6.45) is 3.04. The van der Waals surface area contributed by atoms with Crippen molar-refractivity contribution in [2.75, 3.05) is 39.6 Å². The predicted octanol–water partition coefficient (Wildman–Crippen LogP) is 0.157. The van der Waals surface area contributed by atoms with Crippen LogP contribution in [0.4, 0.5) is 0 Å². The second kappa shape index (κ2) is 9.94. The molecule has 4 nitrogen and oxygen atoms in total. The standard InChI is InChI=1S/C8H14O4.Li/c1-2-10-5-6-12-8-7-11-4-3-9-1;/h1-2H,3-8H2;/b2-1-;. The largest absolute Gasteiger partial charge is 0.496 e. The van der Waals surface area contributed by atoms with Crippen molar-refractivity contribution in [2.24, 2.45) is 0 Å². The van der Waals surface area contributed by atoms with Gasteiger partial charge in [-0.1, -0.05) is 0 Å². The molecule has 1 rings (SSSR count). The Morgan fingerprint density at radius 2 is 1.00 bits per heavy atom. The van der Waals surface area contributed by atoms with Crippen LogP contribution in [-0.4, -0.2) is 58.5 Å². The van der Waals surface area contributed by atoms with E-state index in [1.54, 1.807) is 0 Å². The average Bonchev–Trinajstić information content (AvgIpc) is 2.05. The number of hydrogen-bond acceptors (Lipinski definition) is 4. The van der Waals surface area contributed by atoms with E-state index in [1.165, 1.54) is 12.5 Å².